The first-order chi connectivity index (χ1) is 17.7. The zero-order valence-electron chi connectivity index (χ0n) is 21.4. The van der Waals surface area contributed by atoms with E-state index in [1.807, 2.05) is 32.0 Å². The molecular formula is C25H33F3N4O5S. The first-order valence-corrected chi connectivity index (χ1v) is 13.6. The zero-order chi connectivity index (χ0) is 28.5. The van der Waals surface area contributed by atoms with Crippen molar-refractivity contribution in [2.45, 2.75) is 50.7 Å². The van der Waals surface area contributed by atoms with Crippen molar-refractivity contribution < 1.29 is 36.3 Å². The van der Waals surface area contributed by atoms with Crippen molar-refractivity contribution in [1.82, 2.24) is 10.6 Å². The van der Waals surface area contributed by atoms with Crippen molar-refractivity contribution >= 4 is 33.3 Å². The number of carboxylic acid groups (broad SMARTS) is 1. The number of piperazine rings is 1. The third-order valence-electron chi connectivity index (χ3n) is 5.40. The first-order valence-electron chi connectivity index (χ1n) is 12.1. The Kier molecular flexibility index (Phi) is 11.0. The maximum absolute atomic E-state index is 13.1. The highest BCUT2D eigenvalue weighted by molar-refractivity contribution is 7.92. The highest BCUT2D eigenvalue weighted by Gasteiger charge is 2.38. The number of nitrogens with one attached hydrogen (secondary N) is 3. The number of halogens is 3. The van der Waals surface area contributed by atoms with Crippen molar-refractivity contribution in [3.05, 3.63) is 53.6 Å². The molecule has 1 aliphatic heterocycles. The van der Waals surface area contributed by atoms with Gasteiger partial charge >= 0.3 is 12.1 Å². The van der Waals surface area contributed by atoms with E-state index in [4.69, 9.17) is 9.90 Å². The van der Waals surface area contributed by atoms with Crippen LogP contribution in [0.5, 0.6) is 0 Å². The normalized spacial score (nSPS) is 13.9. The van der Waals surface area contributed by atoms with E-state index in [0.717, 1.165) is 50.3 Å². The smallest absolute Gasteiger partial charge is 0.475 e. The Labute approximate surface area is 220 Å². The Bertz CT molecular complexity index is 1200. The number of rotatable bonds is 8. The summed E-state index contributed by atoms with van der Waals surface area (Å²) in [6.45, 7) is 9.03. The molecular weight excluding hydrogens is 525 g/mol. The van der Waals surface area contributed by atoms with Gasteiger partial charge in [-0.05, 0) is 56.2 Å². The zero-order valence-corrected chi connectivity index (χ0v) is 22.2. The fourth-order valence-electron chi connectivity index (χ4n) is 3.61. The number of carboxylic acids is 1. The molecule has 0 aromatic heterocycles. The number of aliphatic carboxylic acids is 1. The number of sulfonamides is 1. The topological polar surface area (TPSA) is 128 Å². The van der Waals surface area contributed by atoms with Gasteiger partial charge in [-0.2, -0.15) is 13.2 Å². The minimum absolute atomic E-state index is 0.0119. The summed E-state index contributed by atoms with van der Waals surface area (Å²) in [5, 5.41) is 13.3. The van der Waals surface area contributed by atoms with Gasteiger partial charge in [0.25, 0.3) is 15.9 Å². The minimum atomic E-state index is -5.08. The monoisotopic (exact) mass is 558 g/mol. The highest BCUT2D eigenvalue weighted by Crippen LogP contribution is 2.30. The van der Waals surface area contributed by atoms with E-state index >= 15 is 0 Å². The van der Waals surface area contributed by atoms with Gasteiger partial charge in [0.05, 0.1) is 16.3 Å². The quantitative estimate of drug-likeness (QED) is 0.390. The molecule has 0 unspecified atom stereocenters. The summed E-state index contributed by atoms with van der Waals surface area (Å²) in [5.41, 5.74) is 2.71. The Morgan fingerprint density at radius 3 is 2.16 bits per heavy atom. The number of nitrogens with zero attached hydrogens (tertiary/aromatic N) is 1. The van der Waals surface area contributed by atoms with Gasteiger partial charge in [0, 0.05) is 37.8 Å². The number of hydrogen-bond donors (Lipinski definition) is 4. The van der Waals surface area contributed by atoms with E-state index < -0.39 is 22.2 Å². The van der Waals surface area contributed by atoms with E-state index in [1.165, 1.54) is 0 Å². The molecule has 0 bridgehead atoms. The summed E-state index contributed by atoms with van der Waals surface area (Å²) in [4.78, 5) is 23.7. The second-order valence-corrected chi connectivity index (χ2v) is 10.6. The van der Waals surface area contributed by atoms with Gasteiger partial charge in [0.2, 0.25) is 0 Å². The summed E-state index contributed by atoms with van der Waals surface area (Å²) in [6, 6.07) is 12.1. The van der Waals surface area contributed by atoms with Crippen LogP contribution >= 0.6 is 0 Å². The third-order valence-corrected chi connectivity index (χ3v) is 6.78. The number of aryl methyl sites for hydroxylation is 1. The van der Waals surface area contributed by atoms with Crippen molar-refractivity contribution in [2.75, 3.05) is 35.8 Å². The molecule has 3 rings (SSSR count). The molecule has 0 atom stereocenters. The first kappa shape index (κ1) is 30.9. The van der Waals surface area contributed by atoms with Gasteiger partial charge in [0.1, 0.15) is 0 Å². The highest BCUT2D eigenvalue weighted by atomic mass is 32.2. The number of anilines is 2. The number of carbonyl (C=O) groups excluding carboxylic acids is 1. The van der Waals surface area contributed by atoms with Crippen LogP contribution in [0.4, 0.5) is 24.5 Å². The summed E-state index contributed by atoms with van der Waals surface area (Å²) < 4.78 is 60.7. The Balaban J connectivity index is 0.000000638. The van der Waals surface area contributed by atoms with E-state index in [1.54, 1.807) is 24.3 Å². The average molecular weight is 559 g/mol. The number of hydrogen-bond acceptors (Lipinski definition) is 6. The summed E-state index contributed by atoms with van der Waals surface area (Å²) in [5.74, 6) is -2.99. The lowest BCUT2D eigenvalue weighted by Crippen LogP contribution is -2.43. The van der Waals surface area contributed by atoms with E-state index in [9.17, 15) is 26.4 Å². The van der Waals surface area contributed by atoms with Crippen molar-refractivity contribution in [3.8, 4) is 0 Å². The van der Waals surface area contributed by atoms with Crippen LogP contribution in [0.15, 0.2) is 47.4 Å². The lowest BCUT2D eigenvalue weighted by molar-refractivity contribution is -0.192. The Morgan fingerprint density at radius 2 is 1.66 bits per heavy atom. The van der Waals surface area contributed by atoms with Crippen molar-refractivity contribution in [2.24, 2.45) is 0 Å². The number of alkyl halides is 3. The minimum Gasteiger partial charge on any atom is -0.475 e. The molecule has 13 heteroatoms. The second kappa shape index (κ2) is 13.5. The standard InChI is InChI=1S/C23H32N4O3S.C2HF3O2/c1-4-5-18-6-9-20(10-7-18)31(29,30)26-21-16-19(23(28)25-17(2)3)8-11-22(21)27-14-12-24-13-15-27;3-2(4,5)1(6)7/h6-11,16-17,24,26H,4-5,12-15H2,1-3H3,(H,25,28);(H,6,7). The summed E-state index contributed by atoms with van der Waals surface area (Å²) in [6.07, 6.45) is -3.17. The number of benzene rings is 2. The van der Waals surface area contributed by atoms with Crippen LogP contribution in [0.1, 0.15) is 43.1 Å². The van der Waals surface area contributed by atoms with Gasteiger partial charge in [-0.3, -0.25) is 9.52 Å². The molecule has 38 heavy (non-hydrogen) atoms. The summed E-state index contributed by atoms with van der Waals surface area (Å²) in [7, 11) is -3.80. The van der Waals surface area contributed by atoms with Crippen molar-refractivity contribution in [1.29, 1.82) is 0 Å². The number of amides is 1. The molecule has 0 radical (unpaired) electrons. The molecule has 9 nitrogen and oxygen atoms in total. The predicted octanol–water partition coefficient (Wildman–Crippen LogP) is 3.62. The van der Waals surface area contributed by atoms with E-state index in [-0.39, 0.29) is 16.8 Å². The Morgan fingerprint density at radius 1 is 1.08 bits per heavy atom. The molecule has 0 saturated carbocycles. The fourth-order valence-corrected chi connectivity index (χ4v) is 4.68. The van der Waals surface area contributed by atoms with Gasteiger partial charge < -0.3 is 20.6 Å². The SMILES string of the molecule is CCCc1ccc(S(=O)(=O)Nc2cc(C(=O)NC(C)C)ccc2N2CCNCC2)cc1.O=C(O)C(F)(F)F. The second-order valence-electron chi connectivity index (χ2n) is 8.90. The van der Waals surface area contributed by atoms with Crippen LogP contribution < -0.4 is 20.3 Å². The third kappa shape index (κ3) is 9.21. The van der Waals surface area contributed by atoms with Gasteiger partial charge in [-0.25, -0.2) is 13.2 Å². The molecule has 0 spiro atoms. The van der Waals surface area contributed by atoms with Crippen LogP contribution in [0.2, 0.25) is 0 Å². The van der Waals surface area contributed by atoms with E-state index in [2.05, 4.69) is 27.2 Å². The Hall–Kier alpha value is -3.32. The largest absolute Gasteiger partial charge is 0.490 e. The van der Waals surface area contributed by atoms with Crippen LogP contribution in [-0.2, 0) is 21.2 Å². The fraction of sp³-hybridized carbons (Fsp3) is 0.440. The molecule has 0 aliphatic carbocycles. The molecule has 2 aromatic rings. The molecule has 210 valence electrons. The van der Waals surface area contributed by atoms with Crippen LogP contribution in [0.25, 0.3) is 0 Å². The maximum Gasteiger partial charge on any atom is 0.490 e. The molecule has 4 N–H and O–H groups in total. The molecule has 1 heterocycles. The van der Waals surface area contributed by atoms with Gasteiger partial charge in [-0.1, -0.05) is 25.5 Å². The van der Waals surface area contributed by atoms with Gasteiger partial charge in [0.15, 0.2) is 0 Å². The molecule has 1 saturated heterocycles. The number of carbonyl (C=O) groups is 2. The van der Waals surface area contributed by atoms with Crippen LogP contribution in [0.3, 0.4) is 0 Å². The maximum atomic E-state index is 13.1. The molecule has 1 aliphatic rings. The van der Waals surface area contributed by atoms with Crippen molar-refractivity contribution in [3.63, 3.8) is 0 Å². The van der Waals surface area contributed by atoms with Gasteiger partial charge in [-0.15, -0.1) is 0 Å². The lowest BCUT2D eigenvalue weighted by atomic mass is 10.1. The molecule has 1 amide bonds. The van der Waals surface area contributed by atoms with E-state index in [0.29, 0.717) is 11.3 Å². The van der Waals surface area contributed by atoms with Crippen LogP contribution in [0, 0.1) is 0 Å². The molecule has 1 fully saturated rings. The predicted molar refractivity (Wildman–Crippen MR) is 139 cm³/mol. The summed E-state index contributed by atoms with van der Waals surface area (Å²) >= 11 is 0. The lowest BCUT2D eigenvalue weighted by Gasteiger charge is -2.31. The van der Waals surface area contributed by atoms with Crippen LogP contribution in [-0.4, -0.2) is 63.8 Å². The molecule has 2 aromatic carbocycles. The average Bonchev–Trinajstić information content (AvgIpc) is 2.84.